The average molecular weight is 412 g/mol. The second kappa shape index (κ2) is 8.44. The highest BCUT2D eigenvalue weighted by Crippen LogP contribution is 2.37. The number of nitro benzene ring substituents is 1. The van der Waals surface area contributed by atoms with Crippen molar-refractivity contribution in [2.45, 2.75) is 19.3 Å². The summed E-state index contributed by atoms with van der Waals surface area (Å²) in [6, 6.07) is 2.97. The van der Waals surface area contributed by atoms with Crippen molar-refractivity contribution in [3.05, 3.63) is 44.9 Å². The van der Waals surface area contributed by atoms with Crippen molar-refractivity contribution in [1.29, 1.82) is 0 Å². The van der Waals surface area contributed by atoms with Crippen molar-refractivity contribution in [3.8, 4) is 0 Å². The largest absolute Gasteiger partial charge is 0.366 e. The normalized spacial score (nSPS) is 15.1. The summed E-state index contributed by atoms with van der Waals surface area (Å²) in [7, 11) is 2.82. The van der Waals surface area contributed by atoms with Crippen LogP contribution in [0, 0.1) is 16.0 Å². The Morgan fingerprint density at radius 2 is 2.16 bits per heavy atom. The van der Waals surface area contributed by atoms with E-state index in [1.165, 1.54) is 20.2 Å². The molecule has 0 N–H and O–H groups in total. The lowest BCUT2D eigenvalue weighted by Gasteiger charge is -2.33. The Bertz CT molecular complexity index is 672. The number of carbonyl (C=O) groups excluding carboxylic acids is 1. The van der Waals surface area contributed by atoms with Gasteiger partial charge in [-0.15, -0.1) is 6.58 Å². The first-order chi connectivity index (χ1) is 11.9. The van der Waals surface area contributed by atoms with Crippen LogP contribution >= 0.6 is 15.9 Å². The molecule has 0 radical (unpaired) electrons. The van der Waals surface area contributed by atoms with Gasteiger partial charge in [-0.25, -0.2) is 5.06 Å². The highest BCUT2D eigenvalue weighted by Gasteiger charge is 2.28. The number of benzene rings is 1. The number of rotatable bonds is 6. The van der Waals surface area contributed by atoms with Gasteiger partial charge in [0.25, 0.3) is 11.6 Å². The third-order valence-electron chi connectivity index (χ3n) is 4.51. The highest BCUT2D eigenvalue weighted by molar-refractivity contribution is 9.10. The number of nitro groups is 1. The van der Waals surface area contributed by atoms with Gasteiger partial charge in [0.2, 0.25) is 0 Å². The number of hydrogen-bond donors (Lipinski definition) is 0. The molecule has 0 aliphatic carbocycles. The molecule has 1 fully saturated rings. The van der Waals surface area contributed by atoms with Crippen LogP contribution in [0.4, 0.5) is 11.4 Å². The number of allylic oxidation sites excluding steroid dienone is 1. The van der Waals surface area contributed by atoms with Gasteiger partial charge in [-0.1, -0.05) is 6.08 Å². The average Bonchev–Trinajstić information content (AvgIpc) is 2.61. The topological polar surface area (TPSA) is 75.9 Å². The molecule has 2 rings (SSSR count). The predicted molar refractivity (Wildman–Crippen MR) is 99.6 cm³/mol. The van der Waals surface area contributed by atoms with Gasteiger partial charge in [0.05, 0.1) is 17.6 Å². The lowest BCUT2D eigenvalue weighted by molar-refractivity contribution is -0.384. The second-order valence-electron chi connectivity index (χ2n) is 6.02. The summed E-state index contributed by atoms with van der Waals surface area (Å²) in [6.45, 7) is 5.27. The minimum Gasteiger partial charge on any atom is -0.366 e. The van der Waals surface area contributed by atoms with E-state index in [4.69, 9.17) is 4.84 Å². The van der Waals surface area contributed by atoms with Crippen LogP contribution in [-0.4, -0.2) is 43.1 Å². The zero-order chi connectivity index (χ0) is 18.6. The molecule has 1 aliphatic rings. The second-order valence-corrected chi connectivity index (χ2v) is 6.87. The van der Waals surface area contributed by atoms with E-state index in [0.29, 0.717) is 16.1 Å². The van der Waals surface area contributed by atoms with Crippen LogP contribution in [0.3, 0.4) is 0 Å². The van der Waals surface area contributed by atoms with Crippen molar-refractivity contribution in [2.24, 2.45) is 5.92 Å². The maximum absolute atomic E-state index is 12.3. The fraction of sp³-hybridized carbons (Fsp3) is 0.471. The summed E-state index contributed by atoms with van der Waals surface area (Å²) in [4.78, 5) is 30.3. The lowest BCUT2D eigenvalue weighted by Crippen LogP contribution is -2.34. The molecule has 25 heavy (non-hydrogen) atoms. The minimum absolute atomic E-state index is 0.0711. The maximum Gasteiger partial charge on any atom is 0.293 e. The number of hydrogen-bond acceptors (Lipinski definition) is 5. The highest BCUT2D eigenvalue weighted by atomic mass is 79.9. The van der Waals surface area contributed by atoms with E-state index in [9.17, 15) is 14.9 Å². The fourth-order valence-electron chi connectivity index (χ4n) is 3.01. The number of halogens is 1. The van der Waals surface area contributed by atoms with Gasteiger partial charge in [0.15, 0.2) is 0 Å². The summed E-state index contributed by atoms with van der Waals surface area (Å²) < 4.78 is 0.509. The van der Waals surface area contributed by atoms with Crippen LogP contribution in [0.25, 0.3) is 0 Å². The number of anilines is 1. The molecule has 1 aliphatic heterocycles. The molecule has 0 atom stereocenters. The molecule has 1 aromatic carbocycles. The van der Waals surface area contributed by atoms with E-state index in [1.807, 2.05) is 11.0 Å². The summed E-state index contributed by atoms with van der Waals surface area (Å²) in [6.07, 6.45) is 4.82. The molecule has 8 heteroatoms. The SMILES string of the molecule is C=CCC1CCN(c2cc(Br)c(C(=O)N(C)OC)cc2[N+](=O)[O-])CC1. The van der Waals surface area contributed by atoms with Gasteiger partial charge < -0.3 is 4.90 Å². The molecule has 1 heterocycles. The van der Waals surface area contributed by atoms with E-state index in [2.05, 4.69) is 22.5 Å². The van der Waals surface area contributed by atoms with E-state index < -0.39 is 10.8 Å². The van der Waals surface area contributed by atoms with Crippen LogP contribution in [0.2, 0.25) is 0 Å². The molecule has 0 bridgehead atoms. The molecular formula is C17H22BrN3O4. The molecule has 1 aromatic rings. The first-order valence-corrected chi connectivity index (χ1v) is 8.84. The molecule has 1 saturated heterocycles. The molecular weight excluding hydrogens is 390 g/mol. The zero-order valence-corrected chi connectivity index (χ0v) is 16.0. The molecule has 0 aromatic heterocycles. The predicted octanol–water partition coefficient (Wildman–Crippen LogP) is 3.78. The van der Waals surface area contributed by atoms with E-state index in [0.717, 1.165) is 37.4 Å². The van der Waals surface area contributed by atoms with Crippen molar-refractivity contribution < 1.29 is 14.6 Å². The maximum atomic E-state index is 12.3. The van der Waals surface area contributed by atoms with Crippen LogP contribution in [0.5, 0.6) is 0 Å². The summed E-state index contributed by atoms with van der Waals surface area (Å²) >= 11 is 3.37. The summed E-state index contributed by atoms with van der Waals surface area (Å²) in [5.74, 6) is 0.126. The van der Waals surface area contributed by atoms with Crippen molar-refractivity contribution in [2.75, 3.05) is 32.1 Å². The molecule has 0 spiro atoms. The molecule has 0 saturated carbocycles. The Labute approximate surface area is 155 Å². The van der Waals surface area contributed by atoms with Crippen LogP contribution in [0.1, 0.15) is 29.6 Å². The van der Waals surface area contributed by atoms with Crippen LogP contribution in [0.15, 0.2) is 29.3 Å². The van der Waals surface area contributed by atoms with Crippen LogP contribution < -0.4 is 4.90 Å². The van der Waals surface area contributed by atoms with Gasteiger partial charge in [-0.05, 0) is 47.2 Å². The van der Waals surface area contributed by atoms with Gasteiger partial charge in [0, 0.05) is 30.7 Å². The zero-order valence-electron chi connectivity index (χ0n) is 14.4. The number of nitrogens with zero attached hydrogens (tertiary/aromatic N) is 3. The fourth-order valence-corrected chi connectivity index (χ4v) is 3.51. The third kappa shape index (κ3) is 4.38. The number of hydroxylamine groups is 2. The van der Waals surface area contributed by atoms with Gasteiger partial charge in [-0.2, -0.15) is 0 Å². The van der Waals surface area contributed by atoms with Crippen LogP contribution in [-0.2, 0) is 4.84 Å². The minimum atomic E-state index is -0.450. The van der Waals surface area contributed by atoms with Gasteiger partial charge >= 0.3 is 0 Å². The van der Waals surface area contributed by atoms with Gasteiger partial charge in [0.1, 0.15) is 5.69 Å². The van der Waals surface area contributed by atoms with Crippen molar-refractivity contribution in [1.82, 2.24) is 5.06 Å². The Balaban J connectivity index is 2.33. The van der Waals surface area contributed by atoms with E-state index in [1.54, 1.807) is 6.07 Å². The lowest BCUT2D eigenvalue weighted by atomic mass is 9.93. The summed E-state index contributed by atoms with van der Waals surface area (Å²) in [5.41, 5.74) is 0.658. The number of amides is 1. The number of carbonyl (C=O) groups is 1. The Morgan fingerprint density at radius 3 is 2.68 bits per heavy atom. The number of piperidine rings is 1. The first kappa shape index (κ1) is 19.4. The Kier molecular flexibility index (Phi) is 6.55. The summed E-state index contributed by atoms with van der Waals surface area (Å²) in [5, 5.41) is 12.6. The third-order valence-corrected chi connectivity index (χ3v) is 5.16. The molecule has 0 unspecified atom stereocenters. The first-order valence-electron chi connectivity index (χ1n) is 8.05. The Morgan fingerprint density at radius 1 is 1.52 bits per heavy atom. The quantitative estimate of drug-likeness (QED) is 0.404. The molecule has 7 nitrogen and oxygen atoms in total. The van der Waals surface area contributed by atoms with Crippen molar-refractivity contribution >= 4 is 33.2 Å². The standard InChI is InChI=1S/C17H22BrN3O4/c1-4-5-12-6-8-20(9-7-12)15-11-14(18)13(10-16(15)21(23)24)17(22)19(2)25-3/h4,10-12H,1,5-9H2,2-3H3. The monoisotopic (exact) mass is 411 g/mol. The van der Waals surface area contributed by atoms with E-state index >= 15 is 0 Å². The van der Waals surface area contributed by atoms with Crippen molar-refractivity contribution in [3.63, 3.8) is 0 Å². The molecule has 1 amide bonds. The molecule has 136 valence electrons. The van der Waals surface area contributed by atoms with Gasteiger partial charge in [-0.3, -0.25) is 19.7 Å². The van der Waals surface area contributed by atoms with E-state index in [-0.39, 0.29) is 11.3 Å². The smallest absolute Gasteiger partial charge is 0.293 e. The Hall–Kier alpha value is -1.93.